The number of anilines is 2. The van der Waals surface area contributed by atoms with Gasteiger partial charge in [-0.2, -0.15) is 0 Å². The summed E-state index contributed by atoms with van der Waals surface area (Å²) in [5, 5.41) is 6.86. The molecule has 0 saturated carbocycles. The number of nitrogens with zero attached hydrogens (tertiary/aromatic N) is 1. The second-order valence-corrected chi connectivity index (χ2v) is 5.60. The molecule has 3 rings (SSSR count). The molecule has 4 nitrogen and oxygen atoms in total. The Labute approximate surface area is 128 Å². The quantitative estimate of drug-likeness (QED) is 0.895. The molecule has 0 bridgehead atoms. The summed E-state index contributed by atoms with van der Waals surface area (Å²) < 4.78 is 0. The summed E-state index contributed by atoms with van der Waals surface area (Å²) in [4.78, 5) is 14.1. The number of para-hydroxylation sites is 1. The SMILES string of the molecule is CN(C)c1ccc([C@H]2NC(=O)c3ccccc3N2)c(Cl)c1. The van der Waals surface area contributed by atoms with Crippen LogP contribution in [0.3, 0.4) is 0 Å². The van der Waals surface area contributed by atoms with Gasteiger partial charge >= 0.3 is 0 Å². The molecule has 1 aliphatic heterocycles. The third-order valence-electron chi connectivity index (χ3n) is 3.56. The van der Waals surface area contributed by atoms with Gasteiger partial charge in [-0.3, -0.25) is 4.79 Å². The van der Waals surface area contributed by atoms with E-state index in [1.54, 1.807) is 6.07 Å². The van der Waals surface area contributed by atoms with E-state index in [-0.39, 0.29) is 12.1 Å². The predicted octanol–water partition coefficient (Wildman–Crippen LogP) is 3.26. The fraction of sp³-hybridized carbons (Fsp3) is 0.188. The maximum Gasteiger partial charge on any atom is 0.255 e. The van der Waals surface area contributed by atoms with Crippen molar-refractivity contribution in [3.05, 3.63) is 58.6 Å². The van der Waals surface area contributed by atoms with Crippen LogP contribution in [0.1, 0.15) is 22.1 Å². The molecule has 0 saturated heterocycles. The molecule has 5 heteroatoms. The monoisotopic (exact) mass is 301 g/mol. The molecule has 21 heavy (non-hydrogen) atoms. The molecule has 108 valence electrons. The van der Waals surface area contributed by atoms with Gasteiger partial charge in [0, 0.05) is 36.1 Å². The molecule has 0 unspecified atom stereocenters. The Morgan fingerprint density at radius 1 is 1.10 bits per heavy atom. The number of rotatable bonds is 2. The Kier molecular flexibility index (Phi) is 3.47. The molecule has 1 aliphatic rings. The first-order valence-electron chi connectivity index (χ1n) is 6.69. The van der Waals surface area contributed by atoms with Crippen LogP contribution in [0.5, 0.6) is 0 Å². The van der Waals surface area contributed by atoms with Gasteiger partial charge in [0.05, 0.1) is 5.56 Å². The lowest BCUT2D eigenvalue weighted by Gasteiger charge is -2.29. The van der Waals surface area contributed by atoms with Crippen molar-refractivity contribution in [2.24, 2.45) is 0 Å². The van der Waals surface area contributed by atoms with Crippen LogP contribution in [0.15, 0.2) is 42.5 Å². The predicted molar refractivity (Wildman–Crippen MR) is 86.1 cm³/mol. The summed E-state index contributed by atoms with van der Waals surface area (Å²) in [5.41, 5.74) is 3.34. The molecule has 0 aliphatic carbocycles. The van der Waals surface area contributed by atoms with Crippen molar-refractivity contribution in [2.75, 3.05) is 24.3 Å². The molecule has 1 atom stereocenters. The number of hydrogen-bond acceptors (Lipinski definition) is 3. The lowest BCUT2D eigenvalue weighted by molar-refractivity contribution is 0.0935. The lowest BCUT2D eigenvalue weighted by Crippen LogP contribution is -2.38. The summed E-state index contributed by atoms with van der Waals surface area (Å²) in [6.45, 7) is 0. The number of nitrogens with one attached hydrogen (secondary N) is 2. The van der Waals surface area contributed by atoms with Gasteiger partial charge in [0.1, 0.15) is 6.17 Å². The van der Waals surface area contributed by atoms with Crippen LogP contribution in [0.4, 0.5) is 11.4 Å². The van der Waals surface area contributed by atoms with E-state index < -0.39 is 0 Å². The van der Waals surface area contributed by atoms with E-state index in [2.05, 4.69) is 10.6 Å². The average Bonchev–Trinajstić information content (AvgIpc) is 2.47. The molecule has 0 spiro atoms. The third kappa shape index (κ3) is 2.54. The van der Waals surface area contributed by atoms with Gasteiger partial charge in [0.25, 0.3) is 5.91 Å². The lowest BCUT2D eigenvalue weighted by atomic mass is 10.1. The Bertz CT molecular complexity index is 700. The van der Waals surface area contributed by atoms with Gasteiger partial charge in [-0.25, -0.2) is 0 Å². The first-order valence-corrected chi connectivity index (χ1v) is 7.07. The zero-order chi connectivity index (χ0) is 15.0. The fourth-order valence-electron chi connectivity index (χ4n) is 2.39. The molecule has 1 heterocycles. The van der Waals surface area contributed by atoms with Gasteiger partial charge in [0.2, 0.25) is 0 Å². The highest BCUT2D eigenvalue weighted by atomic mass is 35.5. The number of benzene rings is 2. The Morgan fingerprint density at radius 3 is 2.57 bits per heavy atom. The molecular weight excluding hydrogens is 286 g/mol. The zero-order valence-electron chi connectivity index (χ0n) is 11.9. The van der Waals surface area contributed by atoms with Gasteiger partial charge < -0.3 is 15.5 Å². The van der Waals surface area contributed by atoms with Gasteiger partial charge in [0.15, 0.2) is 0 Å². The molecule has 2 N–H and O–H groups in total. The summed E-state index contributed by atoms with van der Waals surface area (Å²) >= 11 is 6.36. The van der Waals surface area contributed by atoms with Crippen molar-refractivity contribution in [3.8, 4) is 0 Å². The number of carbonyl (C=O) groups is 1. The minimum atomic E-state index is -0.323. The normalized spacial score (nSPS) is 16.7. The van der Waals surface area contributed by atoms with Crippen molar-refractivity contribution in [1.29, 1.82) is 0 Å². The van der Waals surface area contributed by atoms with E-state index in [1.165, 1.54) is 0 Å². The van der Waals surface area contributed by atoms with Gasteiger partial charge in [-0.1, -0.05) is 29.8 Å². The Balaban J connectivity index is 1.94. The van der Waals surface area contributed by atoms with E-state index in [1.807, 2.05) is 55.4 Å². The molecule has 2 aromatic carbocycles. The first kappa shape index (κ1) is 13.8. The van der Waals surface area contributed by atoms with E-state index in [0.717, 1.165) is 16.9 Å². The van der Waals surface area contributed by atoms with Crippen molar-refractivity contribution in [3.63, 3.8) is 0 Å². The highest BCUT2D eigenvalue weighted by molar-refractivity contribution is 6.31. The van der Waals surface area contributed by atoms with Crippen molar-refractivity contribution in [2.45, 2.75) is 6.17 Å². The van der Waals surface area contributed by atoms with Crippen LogP contribution in [-0.4, -0.2) is 20.0 Å². The van der Waals surface area contributed by atoms with Crippen molar-refractivity contribution >= 4 is 28.9 Å². The Morgan fingerprint density at radius 2 is 1.86 bits per heavy atom. The minimum Gasteiger partial charge on any atom is -0.378 e. The molecule has 0 fully saturated rings. The standard InChI is InChI=1S/C16H16ClN3O/c1-20(2)10-7-8-11(13(17)9-10)15-18-14-6-4-3-5-12(14)16(21)19-15/h3-9,15,18H,1-2H3,(H,19,21)/t15-/m1/s1. The maximum atomic E-state index is 12.2. The van der Waals surface area contributed by atoms with Gasteiger partial charge in [-0.05, 0) is 24.3 Å². The summed E-state index contributed by atoms with van der Waals surface area (Å²) in [7, 11) is 3.92. The maximum absolute atomic E-state index is 12.2. The summed E-state index contributed by atoms with van der Waals surface area (Å²) in [6.07, 6.45) is -0.323. The second-order valence-electron chi connectivity index (χ2n) is 5.20. The highest BCUT2D eigenvalue weighted by Crippen LogP contribution is 2.31. The molecule has 2 aromatic rings. The van der Waals surface area contributed by atoms with E-state index >= 15 is 0 Å². The van der Waals surface area contributed by atoms with Crippen molar-refractivity contribution in [1.82, 2.24) is 5.32 Å². The summed E-state index contributed by atoms with van der Waals surface area (Å²) in [5.74, 6) is -0.0953. The zero-order valence-corrected chi connectivity index (χ0v) is 12.6. The molecule has 1 amide bonds. The van der Waals surface area contributed by atoms with E-state index in [4.69, 9.17) is 11.6 Å². The molecule has 0 aromatic heterocycles. The third-order valence-corrected chi connectivity index (χ3v) is 3.89. The average molecular weight is 302 g/mol. The number of carbonyl (C=O) groups excluding carboxylic acids is 1. The van der Waals surface area contributed by atoms with Gasteiger partial charge in [-0.15, -0.1) is 0 Å². The van der Waals surface area contributed by atoms with Crippen LogP contribution in [0, 0.1) is 0 Å². The number of amides is 1. The summed E-state index contributed by atoms with van der Waals surface area (Å²) in [6, 6.07) is 13.2. The van der Waals surface area contributed by atoms with Crippen LogP contribution in [-0.2, 0) is 0 Å². The highest BCUT2D eigenvalue weighted by Gasteiger charge is 2.25. The number of halogens is 1. The van der Waals surface area contributed by atoms with Crippen molar-refractivity contribution < 1.29 is 4.79 Å². The fourth-order valence-corrected chi connectivity index (χ4v) is 2.68. The van der Waals surface area contributed by atoms with E-state index in [9.17, 15) is 4.79 Å². The van der Waals surface area contributed by atoms with Crippen LogP contribution in [0.2, 0.25) is 5.02 Å². The molecule has 0 radical (unpaired) electrons. The first-order chi connectivity index (χ1) is 10.1. The number of fused-ring (bicyclic) bond motifs is 1. The minimum absolute atomic E-state index is 0.0953. The van der Waals surface area contributed by atoms with E-state index in [0.29, 0.717) is 10.6 Å². The molecular formula is C16H16ClN3O. The largest absolute Gasteiger partial charge is 0.378 e. The smallest absolute Gasteiger partial charge is 0.255 e. The van der Waals surface area contributed by atoms with Crippen LogP contribution in [0.25, 0.3) is 0 Å². The van der Waals surface area contributed by atoms with Crippen LogP contribution >= 0.6 is 11.6 Å². The Hall–Kier alpha value is -2.20. The van der Waals surface area contributed by atoms with Crippen LogP contribution < -0.4 is 15.5 Å². The topological polar surface area (TPSA) is 44.4 Å². The number of hydrogen-bond donors (Lipinski definition) is 2. The second kappa shape index (κ2) is 5.30.